The Balaban J connectivity index is 2.43. The first-order valence-corrected chi connectivity index (χ1v) is 5.16. The van der Waals surface area contributed by atoms with Crippen LogP contribution in [0.1, 0.15) is 19.8 Å². The van der Waals surface area contributed by atoms with E-state index in [1.165, 1.54) is 0 Å². The van der Waals surface area contributed by atoms with E-state index in [9.17, 15) is 10.1 Å². The molecule has 0 amide bonds. The quantitative estimate of drug-likeness (QED) is 0.577. The maximum absolute atomic E-state index is 10.7. The molecule has 4 heteroatoms. The van der Waals surface area contributed by atoms with Gasteiger partial charge in [0.05, 0.1) is 6.54 Å². The van der Waals surface area contributed by atoms with Gasteiger partial charge in [0.1, 0.15) is 0 Å². The Morgan fingerprint density at radius 3 is 2.60 bits per heavy atom. The zero-order valence-corrected chi connectivity index (χ0v) is 8.85. The van der Waals surface area contributed by atoms with Gasteiger partial charge < -0.3 is 5.32 Å². The van der Waals surface area contributed by atoms with Crippen LogP contribution in [0.5, 0.6) is 0 Å². The molecule has 0 bridgehead atoms. The van der Waals surface area contributed by atoms with Crippen LogP contribution in [-0.4, -0.2) is 17.5 Å². The summed E-state index contributed by atoms with van der Waals surface area (Å²) in [4.78, 5) is 10.5. The van der Waals surface area contributed by atoms with Crippen LogP contribution in [-0.2, 0) is 0 Å². The van der Waals surface area contributed by atoms with Gasteiger partial charge in [0, 0.05) is 17.0 Å². The van der Waals surface area contributed by atoms with E-state index in [1.807, 2.05) is 37.3 Å². The molecule has 1 rings (SSSR count). The molecule has 0 fully saturated rings. The summed E-state index contributed by atoms with van der Waals surface area (Å²) >= 11 is 0. The molecule has 1 atom stereocenters. The molecule has 0 spiro atoms. The summed E-state index contributed by atoms with van der Waals surface area (Å²) in [5.41, 5.74) is 0.931. The lowest BCUT2D eigenvalue weighted by molar-refractivity contribution is -0.519. The normalized spacial score (nSPS) is 12.1. The van der Waals surface area contributed by atoms with E-state index in [4.69, 9.17) is 0 Å². The van der Waals surface area contributed by atoms with Gasteiger partial charge in [-0.25, -0.2) is 0 Å². The highest BCUT2D eigenvalue weighted by Gasteiger charge is 2.17. The van der Waals surface area contributed by atoms with Crippen LogP contribution in [0.4, 0.5) is 5.69 Å². The lowest BCUT2D eigenvalue weighted by Gasteiger charge is -2.10. The number of nitrogens with zero attached hydrogens (tertiary/aromatic N) is 1. The van der Waals surface area contributed by atoms with E-state index in [1.54, 1.807) is 0 Å². The second kappa shape index (κ2) is 6.01. The third-order valence-electron chi connectivity index (χ3n) is 2.24. The maximum Gasteiger partial charge on any atom is 0.230 e. The molecule has 0 heterocycles. The van der Waals surface area contributed by atoms with Crippen LogP contribution < -0.4 is 5.32 Å². The molecule has 82 valence electrons. The van der Waals surface area contributed by atoms with Crippen molar-refractivity contribution in [2.75, 3.05) is 11.9 Å². The molecule has 15 heavy (non-hydrogen) atoms. The summed E-state index contributed by atoms with van der Waals surface area (Å²) in [5, 5.41) is 13.7. The van der Waals surface area contributed by atoms with Gasteiger partial charge in [-0.05, 0) is 18.6 Å². The highest BCUT2D eigenvalue weighted by atomic mass is 16.6. The highest BCUT2D eigenvalue weighted by Crippen LogP contribution is 2.07. The SMILES string of the molecule is CCCC(CNc1ccccc1)[N+](=O)[O-]. The van der Waals surface area contributed by atoms with Gasteiger partial charge in [0.2, 0.25) is 6.04 Å². The first-order valence-electron chi connectivity index (χ1n) is 5.16. The van der Waals surface area contributed by atoms with Crippen molar-refractivity contribution >= 4 is 5.69 Å². The van der Waals surface area contributed by atoms with E-state index in [2.05, 4.69) is 5.32 Å². The lowest BCUT2D eigenvalue weighted by atomic mass is 10.2. The molecular weight excluding hydrogens is 192 g/mol. The zero-order valence-electron chi connectivity index (χ0n) is 8.85. The van der Waals surface area contributed by atoms with E-state index in [0.717, 1.165) is 12.1 Å². The molecule has 0 aliphatic carbocycles. The molecule has 1 aromatic rings. The Labute approximate surface area is 89.5 Å². The van der Waals surface area contributed by atoms with E-state index in [-0.39, 0.29) is 4.92 Å². The van der Waals surface area contributed by atoms with E-state index >= 15 is 0 Å². The highest BCUT2D eigenvalue weighted by molar-refractivity contribution is 5.42. The molecule has 0 radical (unpaired) electrons. The van der Waals surface area contributed by atoms with Crippen LogP contribution in [0.2, 0.25) is 0 Å². The predicted molar refractivity (Wildman–Crippen MR) is 60.6 cm³/mol. The predicted octanol–water partition coefficient (Wildman–Crippen LogP) is 2.54. The number of hydrogen-bond donors (Lipinski definition) is 1. The van der Waals surface area contributed by atoms with Gasteiger partial charge in [-0.2, -0.15) is 0 Å². The summed E-state index contributed by atoms with van der Waals surface area (Å²) in [6.45, 7) is 2.35. The van der Waals surface area contributed by atoms with Crippen molar-refractivity contribution in [1.29, 1.82) is 0 Å². The first kappa shape index (κ1) is 11.5. The molecule has 0 aliphatic heterocycles. The topological polar surface area (TPSA) is 55.2 Å². The Hall–Kier alpha value is -1.58. The van der Waals surface area contributed by atoms with Gasteiger partial charge in [-0.3, -0.25) is 10.1 Å². The minimum absolute atomic E-state index is 0.209. The average molecular weight is 208 g/mol. The Morgan fingerprint density at radius 1 is 1.40 bits per heavy atom. The molecule has 0 saturated heterocycles. The van der Waals surface area contributed by atoms with Crippen molar-refractivity contribution < 1.29 is 4.92 Å². The lowest BCUT2D eigenvalue weighted by Crippen LogP contribution is -2.28. The Kier molecular flexibility index (Phi) is 4.60. The minimum atomic E-state index is -0.491. The minimum Gasteiger partial charge on any atom is -0.378 e. The zero-order chi connectivity index (χ0) is 11.1. The summed E-state index contributed by atoms with van der Waals surface area (Å²) in [6, 6.07) is 9.05. The molecule has 0 aromatic heterocycles. The van der Waals surface area contributed by atoms with Crippen LogP contribution in [0.15, 0.2) is 30.3 Å². The third kappa shape index (κ3) is 3.97. The Morgan fingerprint density at radius 2 is 2.07 bits per heavy atom. The monoisotopic (exact) mass is 208 g/mol. The number of anilines is 1. The van der Waals surface area contributed by atoms with E-state index < -0.39 is 6.04 Å². The third-order valence-corrected chi connectivity index (χ3v) is 2.24. The maximum atomic E-state index is 10.7. The average Bonchev–Trinajstić information content (AvgIpc) is 2.25. The second-order valence-corrected chi connectivity index (χ2v) is 3.47. The van der Waals surface area contributed by atoms with Crippen molar-refractivity contribution in [2.24, 2.45) is 0 Å². The summed E-state index contributed by atoms with van der Waals surface area (Å²) in [6.07, 6.45) is 1.45. The fourth-order valence-electron chi connectivity index (χ4n) is 1.41. The van der Waals surface area contributed by atoms with Crippen LogP contribution >= 0.6 is 0 Å². The van der Waals surface area contributed by atoms with Crippen LogP contribution in [0.3, 0.4) is 0 Å². The van der Waals surface area contributed by atoms with Crippen molar-refractivity contribution in [3.05, 3.63) is 40.4 Å². The van der Waals surface area contributed by atoms with Gasteiger partial charge in [0.15, 0.2) is 0 Å². The van der Waals surface area contributed by atoms with Gasteiger partial charge in [0.25, 0.3) is 0 Å². The summed E-state index contributed by atoms with van der Waals surface area (Å²) in [5.74, 6) is 0. The van der Waals surface area contributed by atoms with Crippen molar-refractivity contribution in [3.8, 4) is 0 Å². The summed E-state index contributed by atoms with van der Waals surface area (Å²) < 4.78 is 0. The number of rotatable bonds is 6. The van der Waals surface area contributed by atoms with Crippen molar-refractivity contribution in [1.82, 2.24) is 0 Å². The van der Waals surface area contributed by atoms with Gasteiger partial charge >= 0.3 is 0 Å². The number of benzene rings is 1. The fourth-order valence-corrected chi connectivity index (χ4v) is 1.41. The van der Waals surface area contributed by atoms with Gasteiger partial charge in [-0.1, -0.05) is 25.1 Å². The van der Waals surface area contributed by atoms with Crippen molar-refractivity contribution in [3.63, 3.8) is 0 Å². The molecule has 1 aromatic carbocycles. The van der Waals surface area contributed by atoms with Crippen LogP contribution in [0.25, 0.3) is 0 Å². The number of nitro groups is 1. The van der Waals surface area contributed by atoms with Crippen molar-refractivity contribution in [2.45, 2.75) is 25.8 Å². The number of hydrogen-bond acceptors (Lipinski definition) is 3. The largest absolute Gasteiger partial charge is 0.378 e. The molecule has 0 saturated carbocycles. The molecule has 4 nitrogen and oxygen atoms in total. The fraction of sp³-hybridized carbons (Fsp3) is 0.455. The number of para-hydroxylation sites is 1. The second-order valence-electron chi connectivity index (χ2n) is 3.47. The molecule has 1 unspecified atom stereocenters. The smallest absolute Gasteiger partial charge is 0.230 e. The van der Waals surface area contributed by atoms with E-state index in [0.29, 0.717) is 13.0 Å². The standard InChI is InChI=1S/C11H16N2O2/c1-2-6-11(13(14)15)9-12-10-7-4-3-5-8-10/h3-5,7-8,11-12H,2,6,9H2,1H3. The molecule has 1 N–H and O–H groups in total. The molecular formula is C11H16N2O2. The first-order chi connectivity index (χ1) is 7.24. The molecule has 0 aliphatic rings. The Bertz CT molecular complexity index is 301. The summed E-state index contributed by atoms with van der Waals surface area (Å²) in [7, 11) is 0. The van der Waals surface area contributed by atoms with Gasteiger partial charge in [-0.15, -0.1) is 0 Å². The van der Waals surface area contributed by atoms with Crippen LogP contribution in [0, 0.1) is 10.1 Å². The number of nitrogens with one attached hydrogen (secondary N) is 1.